The molecule has 0 bridgehead atoms. The Labute approximate surface area is 93.9 Å². The van der Waals surface area contributed by atoms with E-state index in [1.54, 1.807) is 6.20 Å². The first-order valence-corrected chi connectivity index (χ1v) is 5.41. The summed E-state index contributed by atoms with van der Waals surface area (Å²) in [6.07, 6.45) is 2.46. The van der Waals surface area contributed by atoms with Crippen LogP contribution in [-0.2, 0) is 6.42 Å². The molecule has 0 N–H and O–H groups in total. The smallest absolute Gasteiger partial charge is 0.226 e. The molecule has 2 nitrogen and oxygen atoms in total. The minimum Gasteiger partial charge on any atom is -0.441 e. The minimum atomic E-state index is 0.558. The van der Waals surface area contributed by atoms with E-state index in [4.69, 9.17) is 16.0 Å². The molecule has 0 atom stereocenters. The van der Waals surface area contributed by atoms with Crippen molar-refractivity contribution in [2.75, 3.05) is 5.88 Å². The van der Waals surface area contributed by atoms with Gasteiger partial charge in [0.15, 0.2) is 0 Å². The maximum absolute atomic E-state index is 5.62. The van der Waals surface area contributed by atoms with E-state index in [-0.39, 0.29) is 0 Å². The molecule has 0 radical (unpaired) electrons. The lowest BCUT2D eigenvalue weighted by Gasteiger charge is -1.96. The fraction of sp³-hybridized carbons (Fsp3) is 0.250. The lowest BCUT2D eigenvalue weighted by molar-refractivity contribution is 0.525. The second kappa shape index (κ2) is 4.49. The number of alkyl halides is 1. The molecule has 0 saturated carbocycles. The van der Waals surface area contributed by atoms with Gasteiger partial charge < -0.3 is 4.42 Å². The highest BCUT2D eigenvalue weighted by Crippen LogP contribution is 2.19. The first-order valence-electron chi connectivity index (χ1n) is 4.87. The molecule has 0 amide bonds. The van der Waals surface area contributed by atoms with Crippen molar-refractivity contribution in [2.24, 2.45) is 0 Å². The normalized spacial score (nSPS) is 10.5. The maximum atomic E-state index is 5.62. The van der Waals surface area contributed by atoms with E-state index >= 15 is 0 Å². The average Bonchev–Trinajstić information content (AvgIpc) is 2.68. The van der Waals surface area contributed by atoms with E-state index in [2.05, 4.69) is 11.9 Å². The van der Waals surface area contributed by atoms with Crippen molar-refractivity contribution >= 4 is 11.6 Å². The third-order valence-corrected chi connectivity index (χ3v) is 2.38. The molecular weight excluding hydrogens is 210 g/mol. The van der Waals surface area contributed by atoms with E-state index in [0.29, 0.717) is 11.8 Å². The Hall–Kier alpha value is -1.28. The van der Waals surface area contributed by atoms with Crippen molar-refractivity contribution in [3.05, 3.63) is 41.8 Å². The molecule has 0 spiro atoms. The molecule has 0 aliphatic rings. The summed E-state index contributed by atoms with van der Waals surface area (Å²) in [7, 11) is 0. The van der Waals surface area contributed by atoms with Gasteiger partial charge in [0.1, 0.15) is 5.76 Å². The van der Waals surface area contributed by atoms with Crippen molar-refractivity contribution in [3.63, 3.8) is 0 Å². The van der Waals surface area contributed by atoms with Gasteiger partial charge in [-0.3, -0.25) is 0 Å². The number of benzene rings is 1. The van der Waals surface area contributed by atoms with E-state index in [1.165, 1.54) is 5.56 Å². The molecule has 2 rings (SSSR count). The average molecular weight is 222 g/mol. The zero-order valence-electron chi connectivity index (χ0n) is 8.53. The SMILES string of the molecule is Cc1ccc(-c2ncc(CCCl)o2)cc1. The quantitative estimate of drug-likeness (QED) is 0.743. The Bertz CT molecular complexity index is 433. The highest BCUT2D eigenvalue weighted by atomic mass is 35.5. The van der Waals surface area contributed by atoms with Crippen molar-refractivity contribution < 1.29 is 4.42 Å². The molecule has 0 aliphatic heterocycles. The van der Waals surface area contributed by atoms with Crippen LogP contribution in [-0.4, -0.2) is 10.9 Å². The molecule has 0 saturated heterocycles. The van der Waals surface area contributed by atoms with Crippen LogP contribution in [0.15, 0.2) is 34.9 Å². The number of hydrogen-bond donors (Lipinski definition) is 0. The van der Waals surface area contributed by atoms with Gasteiger partial charge in [-0.05, 0) is 19.1 Å². The van der Waals surface area contributed by atoms with Crippen molar-refractivity contribution in [1.29, 1.82) is 0 Å². The molecule has 1 heterocycles. The van der Waals surface area contributed by atoms with Crippen LogP contribution in [0.1, 0.15) is 11.3 Å². The molecule has 3 heteroatoms. The molecule has 2 aromatic rings. The topological polar surface area (TPSA) is 26.0 Å². The van der Waals surface area contributed by atoms with Gasteiger partial charge in [-0.25, -0.2) is 4.98 Å². The van der Waals surface area contributed by atoms with Crippen LogP contribution in [0.25, 0.3) is 11.5 Å². The summed E-state index contributed by atoms with van der Waals surface area (Å²) in [6, 6.07) is 8.10. The summed E-state index contributed by atoms with van der Waals surface area (Å²) in [5.74, 6) is 2.05. The summed E-state index contributed by atoms with van der Waals surface area (Å²) in [6.45, 7) is 2.05. The predicted molar refractivity (Wildman–Crippen MR) is 61.1 cm³/mol. The largest absolute Gasteiger partial charge is 0.441 e. The van der Waals surface area contributed by atoms with Crippen LogP contribution >= 0.6 is 11.6 Å². The van der Waals surface area contributed by atoms with E-state index in [9.17, 15) is 0 Å². The van der Waals surface area contributed by atoms with E-state index in [0.717, 1.165) is 17.7 Å². The van der Waals surface area contributed by atoms with Crippen LogP contribution in [0.4, 0.5) is 0 Å². The lowest BCUT2D eigenvalue weighted by atomic mass is 10.1. The maximum Gasteiger partial charge on any atom is 0.226 e. The second-order valence-corrected chi connectivity index (χ2v) is 3.81. The van der Waals surface area contributed by atoms with E-state index in [1.807, 2.05) is 24.3 Å². The highest BCUT2D eigenvalue weighted by Gasteiger charge is 2.05. The van der Waals surface area contributed by atoms with Crippen LogP contribution in [0.3, 0.4) is 0 Å². The fourth-order valence-corrected chi connectivity index (χ4v) is 1.53. The van der Waals surface area contributed by atoms with Gasteiger partial charge in [0.2, 0.25) is 5.89 Å². The lowest BCUT2D eigenvalue weighted by Crippen LogP contribution is -1.80. The van der Waals surface area contributed by atoms with Crippen molar-refractivity contribution in [2.45, 2.75) is 13.3 Å². The van der Waals surface area contributed by atoms with Gasteiger partial charge in [-0.15, -0.1) is 11.6 Å². The summed E-state index contributed by atoms with van der Waals surface area (Å²) in [4.78, 5) is 4.21. The Morgan fingerprint density at radius 1 is 1.27 bits per heavy atom. The third kappa shape index (κ3) is 2.39. The molecule has 0 aliphatic carbocycles. The molecule has 1 aromatic heterocycles. The third-order valence-electron chi connectivity index (χ3n) is 2.19. The summed E-state index contributed by atoms with van der Waals surface area (Å²) in [5.41, 5.74) is 2.23. The molecule has 0 fully saturated rings. The molecular formula is C12H12ClNO. The Morgan fingerprint density at radius 3 is 2.67 bits per heavy atom. The number of aryl methyl sites for hydroxylation is 2. The number of oxazole rings is 1. The first kappa shape index (κ1) is 10.2. The summed E-state index contributed by atoms with van der Waals surface area (Å²) < 4.78 is 5.55. The standard InChI is InChI=1S/C12H12ClNO/c1-9-2-4-10(5-3-9)12-14-8-11(15-12)6-7-13/h2-5,8H,6-7H2,1H3. The van der Waals surface area contributed by atoms with Gasteiger partial charge in [0.05, 0.1) is 6.20 Å². The number of halogens is 1. The number of aromatic nitrogens is 1. The molecule has 0 unspecified atom stereocenters. The zero-order chi connectivity index (χ0) is 10.7. The molecule has 1 aromatic carbocycles. The van der Waals surface area contributed by atoms with Gasteiger partial charge in [-0.1, -0.05) is 17.7 Å². The van der Waals surface area contributed by atoms with Crippen LogP contribution in [0.5, 0.6) is 0 Å². The van der Waals surface area contributed by atoms with Gasteiger partial charge in [-0.2, -0.15) is 0 Å². The number of hydrogen-bond acceptors (Lipinski definition) is 2. The van der Waals surface area contributed by atoms with Crippen LogP contribution in [0, 0.1) is 6.92 Å². The van der Waals surface area contributed by atoms with Crippen molar-refractivity contribution in [3.8, 4) is 11.5 Å². The Balaban J connectivity index is 2.25. The number of rotatable bonds is 3. The summed E-state index contributed by atoms with van der Waals surface area (Å²) >= 11 is 5.62. The zero-order valence-corrected chi connectivity index (χ0v) is 9.29. The van der Waals surface area contributed by atoms with Gasteiger partial charge >= 0.3 is 0 Å². The number of nitrogens with zero attached hydrogens (tertiary/aromatic N) is 1. The fourth-order valence-electron chi connectivity index (χ4n) is 1.35. The van der Waals surface area contributed by atoms with E-state index < -0.39 is 0 Å². The highest BCUT2D eigenvalue weighted by molar-refractivity contribution is 6.17. The predicted octanol–water partition coefficient (Wildman–Crippen LogP) is 3.43. The first-order chi connectivity index (χ1) is 7.29. The second-order valence-electron chi connectivity index (χ2n) is 3.44. The molecule has 78 valence electrons. The van der Waals surface area contributed by atoms with Crippen LogP contribution in [0.2, 0.25) is 0 Å². The monoisotopic (exact) mass is 221 g/mol. The minimum absolute atomic E-state index is 0.558. The van der Waals surface area contributed by atoms with Crippen molar-refractivity contribution in [1.82, 2.24) is 4.98 Å². The summed E-state index contributed by atoms with van der Waals surface area (Å²) in [5, 5.41) is 0. The van der Waals surface area contributed by atoms with Gasteiger partial charge in [0, 0.05) is 17.9 Å². The Morgan fingerprint density at radius 2 is 2.00 bits per heavy atom. The Kier molecular flexibility index (Phi) is 3.07. The van der Waals surface area contributed by atoms with Crippen LogP contribution < -0.4 is 0 Å². The molecule has 15 heavy (non-hydrogen) atoms. The van der Waals surface area contributed by atoms with Gasteiger partial charge in [0.25, 0.3) is 0 Å².